The van der Waals surface area contributed by atoms with Crippen LogP contribution in [-0.2, 0) is 4.79 Å². The molecule has 7 nitrogen and oxygen atoms in total. The summed E-state index contributed by atoms with van der Waals surface area (Å²) in [5.41, 5.74) is 4.32. The number of rotatable bonds is 6. The topological polar surface area (TPSA) is 86.4 Å². The third-order valence-electron chi connectivity index (χ3n) is 4.11. The molecule has 7 heteroatoms. The third kappa shape index (κ3) is 5.55. The summed E-state index contributed by atoms with van der Waals surface area (Å²) in [5.74, 6) is -0.499. The number of nitrogens with zero attached hydrogens (tertiary/aromatic N) is 2. The van der Waals surface area contributed by atoms with E-state index in [1.54, 1.807) is 42.6 Å². The summed E-state index contributed by atoms with van der Waals surface area (Å²) < 4.78 is 0. The van der Waals surface area contributed by atoms with Gasteiger partial charge in [0, 0.05) is 43.8 Å². The molecular weight excluding hydrogens is 366 g/mol. The minimum atomic E-state index is -0.327. The Kier molecular flexibility index (Phi) is 6.09. The van der Waals surface area contributed by atoms with Gasteiger partial charge in [-0.15, -0.1) is 0 Å². The highest BCUT2D eigenvalue weighted by Crippen LogP contribution is 2.20. The summed E-state index contributed by atoms with van der Waals surface area (Å²) in [6, 6.07) is 18.4. The minimum Gasteiger partial charge on any atom is -0.378 e. The van der Waals surface area contributed by atoms with E-state index in [1.165, 1.54) is 6.92 Å². The van der Waals surface area contributed by atoms with Gasteiger partial charge >= 0.3 is 0 Å². The van der Waals surface area contributed by atoms with Crippen molar-refractivity contribution in [2.75, 3.05) is 34.9 Å². The zero-order valence-electron chi connectivity index (χ0n) is 16.6. The number of aromatic nitrogens is 1. The molecule has 0 spiro atoms. The Labute approximate surface area is 169 Å². The van der Waals surface area contributed by atoms with Gasteiger partial charge in [-0.3, -0.25) is 9.59 Å². The first kappa shape index (κ1) is 19.9. The number of anilines is 5. The van der Waals surface area contributed by atoms with Gasteiger partial charge in [0.25, 0.3) is 5.91 Å². The fourth-order valence-corrected chi connectivity index (χ4v) is 2.68. The molecule has 29 heavy (non-hydrogen) atoms. The lowest BCUT2D eigenvalue weighted by atomic mass is 10.2. The first-order valence-corrected chi connectivity index (χ1v) is 9.10. The quantitative estimate of drug-likeness (QED) is 0.591. The molecule has 3 rings (SSSR count). The Morgan fingerprint density at radius 3 is 2.07 bits per heavy atom. The molecule has 0 aliphatic carbocycles. The smallest absolute Gasteiger partial charge is 0.274 e. The van der Waals surface area contributed by atoms with Crippen molar-refractivity contribution in [2.24, 2.45) is 0 Å². The zero-order chi connectivity index (χ0) is 20.8. The lowest BCUT2D eigenvalue weighted by Gasteiger charge is -2.13. The van der Waals surface area contributed by atoms with Crippen LogP contribution in [0.25, 0.3) is 0 Å². The highest BCUT2D eigenvalue weighted by atomic mass is 16.2. The molecule has 0 saturated carbocycles. The van der Waals surface area contributed by atoms with E-state index in [0.717, 1.165) is 17.1 Å². The average Bonchev–Trinajstić information content (AvgIpc) is 2.68. The molecule has 0 atom stereocenters. The van der Waals surface area contributed by atoms with E-state index < -0.39 is 0 Å². The number of hydrogen-bond acceptors (Lipinski definition) is 5. The summed E-state index contributed by atoms with van der Waals surface area (Å²) >= 11 is 0. The molecule has 1 aromatic heterocycles. The van der Waals surface area contributed by atoms with Gasteiger partial charge in [-0.05, 0) is 54.6 Å². The van der Waals surface area contributed by atoms with E-state index in [0.29, 0.717) is 17.1 Å². The summed E-state index contributed by atoms with van der Waals surface area (Å²) in [5, 5.41) is 8.72. The number of nitrogens with one attached hydrogen (secondary N) is 3. The van der Waals surface area contributed by atoms with Crippen molar-refractivity contribution < 1.29 is 9.59 Å². The largest absolute Gasteiger partial charge is 0.378 e. The normalized spacial score (nSPS) is 10.2. The number of hydrogen-bond donors (Lipinski definition) is 3. The molecule has 0 aliphatic heterocycles. The van der Waals surface area contributed by atoms with E-state index in [2.05, 4.69) is 20.9 Å². The predicted octanol–water partition coefficient (Wildman–Crippen LogP) is 4.10. The molecule has 3 N–H and O–H groups in total. The molecule has 3 aromatic rings. The molecule has 0 radical (unpaired) electrons. The van der Waals surface area contributed by atoms with Gasteiger partial charge in [0.05, 0.1) is 11.9 Å². The summed E-state index contributed by atoms with van der Waals surface area (Å²) in [6.45, 7) is 1.43. The van der Waals surface area contributed by atoms with Crippen LogP contribution >= 0.6 is 0 Å². The van der Waals surface area contributed by atoms with E-state index in [4.69, 9.17) is 0 Å². The van der Waals surface area contributed by atoms with Crippen molar-refractivity contribution in [1.82, 2.24) is 4.98 Å². The molecule has 148 valence electrons. The van der Waals surface area contributed by atoms with E-state index in [1.807, 2.05) is 43.3 Å². The average molecular weight is 389 g/mol. The fraction of sp³-hybridized carbons (Fsp3) is 0.136. The maximum absolute atomic E-state index is 12.4. The van der Waals surface area contributed by atoms with Gasteiger partial charge in [-0.1, -0.05) is 6.07 Å². The van der Waals surface area contributed by atoms with E-state index >= 15 is 0 Å². The van der Waals surface area contributed by atoms with Crippen LogP contribution in [0.1, 0.15) is 17.4 Å². The molecule has 0 bridgehead atoms. The molecule has 2 amide bonds. The van der Waals surface area contributed by atoms with Crippen molar-refractivity contribution in [1.29, 1.82) is 0 Å². The Hall–Kier alpha value is -3.87. The summed E-state index contributed by atoms with van der Waals surface area (Å²) in [6.07, 6.45) is 1.61. The van der Waals surface area contributed by atoms with Crippen molar-refractivity contribution in [3.05, 3.63) is 72.6 Å². The molecule has 1 heterocycles. The van der Waals surface area contributed by atoms with Crippen molar-refractivity contribution in [3.63, 3.8) is 0 Å². The molecular formula is C22H23N5O2. The molecule has 0 unspecified atom stereocenters. The highest BCUT2D eigenvalue weighted by molar-refractivity contribution is 6.03. The maximum atomic E-state index is 12.4. The van der Waals surface area contributed by atoms with Gasteiger partial charge in [-0.2, -0.15) is 0 Å². The Bertz CT molecular complexity index is 998. The number of carbonyl (C=O) groups excluding carboxylic acids is 2. The number of amides is 2. The predicted molar refractivity (Wildman–Crippen MR) is 117 cm³/mol. The van der Waals surface area contributed by atoms with E-state index in [9.17, 15) is 9.59 Å². The van der Waals surface area contributed by atoms with Crippen LogP contribution in [0, 0.1) is 0 Å². The summed E-state index contributed by atoms with van der Waals surface area (Å²) in [7, 11) is 3.98. The third-order valence-corrected chi connectivity index (χ3v) is 4.11. The second kappa shape index (κ2) is 8.88. The zero-order valence-corrected chi connectivity index (χ0v) is 16.6. The van der Waals surface area contributed by atoms with Gasteiger partial charge in [0.15, 0.2) is 0 Å². The Morgan fingerprint density at radius 2 is 1.48 bits per heavy atom. The Balaban J connectivity index is 1.63. The molecule has 0 aliphatic rings. The van der Waals surface area contributed by atoms with Crippen molar-refractivity contribution >= 4 is 40.3 Å². The first-order valence-electron chi connectivity index (χ1n) is 9.10. The first-order chi connectivity index (χ1) is 13.9. The van der Waals surface area contributed by atoms with Crippen LogP contribution < -0.4 is 20.9 Å². The monoisotopic (exact) mass is 389 g/mol. The highest BCUT2D eigenvalue weighted by Gasteiger charge is 2.09. The lowest BCUT2D eigenvalue weighted by Crippen LogP contribution is -2.14. The van der Waals surface area contributed by atoms with Crippen LogP contribution in [0.3, 0.4) is 0 Å². The van der Waals surface area contributed by atoms with Crippen molar-refractivity contribution in [2.45, 2.75) is 6.92 Å². The van der Waals surface area contributed by atoms with E-state index in [-0.39, 0.29) is 11.8 Å². The second-order valence-electron chi connectivity index (χ2n) is 6.71. The van der Waals surface area contributed by atoms with Gasteiger partial charge in [-0.25, -0.2) is 4.98 Å². The maximum Gasteiger partial charge on any atom is 0.274 e. The number of pyridine rings is 1. The fourth-order valence-electron chi connectivity index (χ4n) is 2.68. The van der Waals surface area contributed by atoms with Gasteiger partial charge < -0.3 is 20.9 Å². The van der Waals surface area contributed by atoms with Gasteiger partial charge in [0.2, 0.25) is 5.91 Å². The van der Waals surface area contributed by atoms with Crippen LogP contribution in [-0.4, -0.2) is 30.9 Å². The summed E-state index contributed by atoms with van der Waals surface area (Å²) in [4.78, 5) is 29.9. The van der Waals surface area contributed by atoms with Crippen LogP contribution in [0.5, 0.6) is 0 Å². The Morgan fingerprint density at radius 1 is 0.828 bits per heavy atom. The van der Waals surface area contributed by atoms with Crippen molar-refractivity contribution in [3.8, 4) is 0 Å². The molecule has 0 saturated heterocycles. The second-order valence-corrected chi connectivity index (χ2v) is 6.71. The SMILES string of the molecule is CC(=O)Nc1cccc(NC(=O)c2ccc(Nc3ccc(N(C)C)cc3)cn2)c1. The van der Waals surface area contributed by atoms with Crippen LogP contribution in [0.2, 0.25) is 0 Å². The van der Waals surface area contributed by atoms with Gasteiger partial charge in [0.1, 0.15) is 5.69 Å². The number of benzene rings is 2. The molecule has 0 fully saturated rings. The molecule has 2 aromatic carbocycles. The minimum absolute atomic E-state index is 0.172. The lowest BCUT2D eigenvalue weighted by molar-refractivity contribution is -0.114. The van der Waals surface area contributed by atoms with Crippen LogP contribution in [0.15, 0.2) is 66.9 Å². The van der Waals surface area contributed by atoms with Crippen LogP contribution in [0.4, 0.5) is 28.4 Å². The standard InChI is InChI=1S/C22H23N5O2/c1-15(28)24-17-5-4-6-18(13-17)26-22(29)21-12-9-19(14-23-21)25-16-7-10-20(11-8-16)27(2)3/h4-14,25H,1-3H3,(H,24,28)(H,26,29). The number of carbonyl (C=O) groups is 2.